The van der Waals surface area contributed by atoms with Gasteiger partial charge in [0.1, 0.15) is 5.84 Å². The maximum atomic E-state index is 7.42. The van der Waals surface area contributed by atoms with Crippen molar-refractivity contribution in [2.75, 3.05) is 13.6 Å². The van der Waals surface area contributed by atoms with Crippen LogP contribution in [0.25, 0.3) is 0 Å². The van der Waals surface area contributed by atoms with Crippen molar-refractivity contribution in [1.29, 1.82) is 5.41 Å². The van der Waals surface area contributed by atoms with E-state index in [1.165, 1.54) is 12.0 Å². The zero-order valence-electron chi connectivity index (χ0n) is 11.0. The number of nitrogens with two attached hydrogens (primary N) is 1. The highest BCUT2D eigenvalue weighted by Crippen LogP contribution is 2.08. The standard InChI is InChI=1S/C14H23N3/c1-11(2)7-8-17(3)10-12-5-4-6-13(9-12)14(15)16/h4-6,9,11H,7-8,10H2,1-3H3,(H3,15,16). The average Bonchev–Trinajstić information content (AvgIpc) is 2.26. The smallest absolute Gasteiger partial charge is 0.122 e. The van der Waals surface area contributed by atoms with E-state index in [4.69, 9.17) is 11.1 Å². The minimum Gasteiger partial charge on any atom is -0.384 e. The summed E-state index contributed by atoms with van der Waals surface area (Å²) in [7, 11) is 2.13. The summed E-state index contributed by atoms with van der Waals surface area (Å²) in [6.45, 7) is 6.49. The van der Waals surface area contributed by atoms with E-state index >= 15 is 0 Å². The van der Waals surface area contributed by atoms with Gasteiger partial charge < -0.3 is 10.6 Å². The normalized spacial score (nSPS) is 11.1. The molecule has 0 fully saturated rings. The molecule has 0 saturated heterocycles. The molecule has 3 N–H and O–H groups in total. The van der Waals surface area contributed by atoms with Crippen molar-refractivity contribution in [2.45, 2.75) is 26.8 Å². The van der Waals surface area contributed by atoms with Crippen molar-refractivity contribution >= 4 is 5.84 Å². The third kappa shape index (κ3) is 5.00. The lowest BCUT2D eigenvalue weighted by Gasteiger charge is -2.18. The summed E-state index contributed by atoms with van der Waals surface area (Å²) in [4.78, 5) is 2.30. The van der Waals surface area contributed by atoms with Crippen molar-refractivity contribution < 1.29 is 0 Å². The van der Waals surface area contributed by atoms with Gasteiger partial charge in [-0.3, -0.25) is 5.41 Å². The molecule has 0 radical (unpaired) electrons. The van der Waals surface area contributed by atoms with Gasteiger partial charge >= 0.3 is 0 Å². The number of hydrogen-bond donors (Lipinski definition) is 2. The van der Waals surface area contributed by atoms with Gasteiger partial charge in [-0.1, -0.05) is 32.0 Å². The fraction of sp³-hybridized carbons (Fsp3) is 0.500. The van der Waals surface area contributed by atoms with Crippen LogP contribution in [0.3, 0.4) is 0 Å². The second kappa shape index (κ2) is 6.40. The minimum absolute atomic E-state index is 0.136. The molecule has 0 heterocycles. The second-order valence-corrected chi connectivity index (χ2v) is 5.03. The fourth-order valence-electron chi connectivity index (χ4n) is 1.71. The SMILES string of the molecule is CC(C)CCN(C)Cc1cccc(C(=N)N)c1. The lowest BCUT2D eigenvalue weighted by molar-refractivity contribution is 0.303. The molecule has 0 bridgehead atoms. The summed E-state index contributed by atoms with van der Waals surface area (Å²) in [6, 6.07) is 7.91. The van der Waals surface area contributed by atoms with E-state index in [1.807, 2.05) is 18.2 Å². The van der Waals surface area contributed by atoms with E-state index in [-0.39, 0.29) is 5.84 Å². The first kappa shape index (κ1) is 13.7. The maximum Gasteiger partial charge on any atom is 0.122 e. The molecule has 3 heteroatoms. The van der Waals surface area contributed by atoms with E-state index in [0.29, 0.717) is 0 Å². The van der Waals surface area contributed by atoms with Crippen LogP contribution < -0.4 is 5.73 Å². The first-order valence-corrected chi connectivity index (χ1v) is 6.11. The molecule has 1 rings (SSSR count). The maximum absolute atomic E-state index is 7.42. The van der Waals surface area contributed by atoms with Crippen molar-refractivity contribution in [3.63, 3.8) is 0 Å². The fourth-order valence-corrected chi connectivity index (χ4v) is 1.71. The first-order chi connectivity index (χ1) is 7.99. The number of benzene rings is 1. The van der Waals surface area contributed by atoms with Gasteiger partial charge in [-0.15, -0.1) is 0 Å². The lowest BCUT2D eigenvalue weighted by atomic mass is 10.1. The van der Waals surface area contributed by atoms with Crippen LogP contribution in [0.2, 0.25) is 0 Å². The van der Waals surface area contributed by atoms with Crippen LogP contribution in [0.15, 0.2) is 24.3 Å². The highest BCUT2D eigenvalue weighted by molar-refractivity contribution is 5.95. The third-order valence-electron chi connectivity index (χ3n) is 2.78. The van der Waals surface area contributed by atoms with Crippen molar-refractivity contribution in [2.24, 2.45) is 11.7 Å². The van der Waals surface area contributed by atoms with E-state index in [2.05, 4.69) is 31.9 Å². The zero-order chi connectivity index (χ0) is 12.8. The van der Waals surface area contributed by atoms with Gasteiger partial charge in [0.25, 0.3) is 0 Å². The quantitative estimate of drug-likeness (QED) is 0.586. The van der Waals surface area contributed by atoms with Gasteiger partial charge in [0.15, 0.2) is 0 Å². The molecule has 0 saturated carbocycles. The van der Waals surface area contributed by atoms with Crippen LogP contribution in [-0.4, -0.2) is 24.3 Å². The van der Waals surface area contributed by atoms with E-state index in [0.717, 1.165) is 24.6 Å². The molecule has 0 aliphatic rings. The summed E-state index contributed by atoms with van der Waals surface area (Å²) in [5, 5.41) is 7.42. The largest absolute Gasteiger partial charge is 0.384 e. The topological polar surface area (TPSA) is 53.1 Å². The van der Waals surface area contributed by atoms with Crippen LogP contribution in [0.4, 0.5) is 0 Å². The molecule has 1 aromatic rings. The van der Waals surface area contributed by atoms with E-state index in [1.54, 1.807) is 0 Å². The summed E-state index contributed by atoms with van der Waals surface area (Å²) in [5.74, 6) is 0.873. The van der Waals surface area contributed by atoms with Crippen LogP contribution in [0.1, 0.15) is 31.4 Å². The molecule has 17 heavy (non-hydrogen) atoms. The molecule has 0 spiro atoms. The van der Waals surface area contributed by atoms with Gasteiger partial charge in [0.05, 0.1) is 0 Å². The van der Waals surface area contributed by atoms with Crippen molar-refractivity contribution in [3.05, 3.63) is 35.4 Å². The Morgan fingerprint density at radius 3 is 2.71 bits per heavy atom. The Kier molecular flexibility index (Phi) is 5.16. The van der Waals surface area contributed by atoms with Crippen molar-refractivity contribution in [1.82, 2.24) is 4.90 Å². The molecule has 0 aromatic heterocycles. The molecule has 0 aliphatic heterocycles. The van der Waals surface area contributed by atoms with E-state index in [9.17, 15) is 0 Å². The summed E-state index contributed by atoms with van der Waals surface area (Å²) in [6.07, 6.45) is 1.21. The first-order valence-electron chi connectivity index (χ1n) is 6.11. The van der Waals surface area contributed by atoms with Crippen LogP contribution in [-0.2, 0) is 6.54 Å². The highest BCUT2D eigenvalue weighted by Gasteiger charge is 2.03. The molecule has 0 aliphatic carbocycles. The molecular formula is C14H23N3. The second-order valence-electron chi connectivity index (χ2n) is 5.03. The minimum atomic E-state index is 0.136. The summed E-state index contributed by atoms with van der Waals surface area (Å²) >= 11 is 0. The number of amidine groups is 1. The average molecular weight is 233 g/mol. The summed E-state index contributed by atoms with van der Waals surface area (Å²) < 4.78 is 0. The molecule has 94 valence electrons. The predicted octanol–water partition coefficient (Wildman–Crippen LogP) is 2.45. The Hall–Kier alpha value is -1.35. The Bertz CT molecular complexity index is 371. The molecular weight excluding hydrogens is 210 g/mol. The van der Waals surface area contributed by atoms with Crippen LogP contribution in [0.5, 0.6) is 0 Å². The molecule has 0 unspecified atom stereocenters. The van der Waals surface area contributed by atoms with Gasteiger partial charge in [0, 0.05) is 12.1 Å². The Labute approximate surface area is 104 Å². The third-order valence-corrected chi connectivity index (χ3v) is 2.78. The van der Waals surface area contributed by atoms with Gasteiger partial charge in [-0.25, -0.2) is 0 Å². The summed E-state index contributed by atoms with van der Waals surface area (Å²) in [5.41, 5.74) is 7.50. The Balaban J connectivity index is 2.56. The van der Waals surface area contributed by atoms with Gasteiger partial charge in [0.2, 0.25) is 0 Å². The Morgan fingerprint density at radius 2 is 2.12 bits per heavy atom. The predicted molar refractivity (Wildman–Crippen MR) is 73.2 cm³/mol. The highest BCUT2D eigenvalue weighted by atomic mass is 15.1. The lowest BCUT2D eigenvalue weighted by Crippen LogP contribution is -2.20. The molecule has 1 aromatic carbocycles. The number of nitrogens with zero attached hydrogens (tertiary/aromatic N) is 1. The van der Waals surface area contributed by atoms with Crippen LogP contribution in [0, 0.1) is 11.3 Å². The number of nitrogen functional groups attached to an aromatic ring is 1. The molecule has 0 atom stereocenters. The monoisotopic (exact) mass is 233 g/mol. The number of hydrogen-bond acceptors (Lipinski definition) is 2. The van der Waals surface area contributed by atoms with Gasteiger partial charge in [-0.2, -0.15) is 0 Å². The van der Waals surface area contributed by atoms with Crippen LogP contribution >= 0.6 is 0 Å². The number of nitrogens with one attached hydrogen (secondary N) is 1. The Morgan fingerprint density at radius 1 is 1.41 bits per heavy atom. The zero-order valence-corrected chi connectivity index (χ0v) is 11.0. The van der Waals surface area contributed by atoms with Crippen molar-refractivity contribution in [3.8, 4) is 0 Å². The van der Waals surface area contributed by atoms with E-state index < -0.39 is 0 Å². The van der Waals surface area contributed by atoms with Gasteiger partial charge in [-0.05, 0) is 37.6 Å². The molecule has 0 amide bonds. The number of rotatable bonds is 6. The molecule has 3 nitrogen and oxygen atoms in total.